The van der Waals surface area contributed by atoms with Gasteiger partial charge in [0.25, 0.3) is 0 Å². The maximum atomic E-state index is 5.80. The third-order valence-electron chi connectivity index (χ3n) is 3.35. The van der Waals surface area contributed by atoms with Crippen LogP contribution in [-0.2, 0) is 6.61 Å². The summed E-state index contributed by atoms with van der Waals surface area (Å²) in [6.45, 7) is 2.47. The number of hydrazine groups is 1. The van der Waals surface area contributed by atoms with E-state index in [0.29, 0.717) is 12.4 Å². The molecule has 0 amide bonds. The van der Waals surface area contributed by atoms with Crippen molar-refractivity contribution in [3.8, 4) is 5.75 Å². The van der Waals surface area contributed by atoms with Crippen LogP contribution >= 0.6 is 0 Å². The Bertz CT molecular complexity index is 754. The zero-order valence-corrected chi connectivity index (χ0v) is 11.8. The molecule has 0 saturated heterocycles. The smallest absolute Gasteiger partial charge is 0.147 e. The van der Waals surface area contributed by atoms with Gasteiger partial charge in [-0.15, -0.1) is 0 Å². The molecule has 0 bridgehead atoms. The maximum absolute atomic E-state index is 5.80. The lowest BCUT2D eigenvalue weighted by atomic mass is 10.1. The van der Waals surface area contributed by atoms with Crippen molar-refractivity contribution >= 4 is 16.7 Å². The Morgan fingerprint density at radius 1 is 1.10 bits per heavy atom. The first-order valence-electron chi connectivity index (χ1n) is 6.81. The molecule has 3 rings (SSSR count). The van der Waals surface area contributed by atoms with Crippen LogP contribution in [0.15, 0.2) is 54.6 Å². The number of benzene rings is 2. The number of para-hydroxylation sites is 1. The Hall–Kier alpha value is -2.59. The van der Waals surface area contributed by atoms with Crippen molar-refractivity contribution in [2.45, 2.75) is 13.5 Å². The van der Waals surface area contributed by atoms with Crippen LogP contribution in [0.5, 0.6) is 5.75 Å². The van der Waals surface area contributed by atoms with E-state index in [2.05, 4.69) is 10.4 Å². The van der Waals surface area contributed by atoms with Crippen LogP contribution in [0.25, 0.3) is 10.9 Å². The first-order chi connectivity index (χ1) is 10.3. The molecule has 0 radical (unpaired) electrons. The van der Waals surface area contributed by atoms with Crippen LogP contribution in [-0.4, -0.2) is 4.98 Å². The van der Waals surface area contributed by atoms with Gasteiger partial charge in [0, 0.05) is 10.9 Å². The molecule has 0 spiro atoms. The van der Waals surface area contributed by atoms with Crippen molar-refractivity contribution in [1.82, 2.24) is 4.98 Å². The lowest BCUT2D eigenvalue weighted by Gasteiger charge is -2.11. The number of hydrogen-bond acceptors (Lipinski definition) is 4. The maximum Gasteiger partial charge on any atom is 0.147 e. The second-order valence-electron chi connectivity index (χ2n) is 4.93. The van der Waals surface area contributed by atoms with E-state index in [1.807, 2.05) is 61.5 Å². The largest absolute Gasteiger partial charge is 0.489 e. The summed E-state index contributed by atoms with van der Waals surface area (Å²) in [6.07, 6.45) is 0. The average molecular weight is 279 g/mol. The highest BCUT2D eigenvalue weighted by Gasteiger charge is 2.06. The summed E-state index contributed by atoms with van der Waals surface area (Å²) in [5.41, 5.74) is 5.68. The predicted molar refractivity (Wildman–Crippen MR) is 85.1 cm³/mol. The van der Waals surface area contributed by atoms with Gasteiger partial charge in [0.2, 0.25) is 0 Å². The Morgan fingerprint density at radius 2 is 1.86 bits per heavy atom. The summed E-state index contributed by atoms with van der Waals surface area (Å²) >= 11 is 0. The van der Waals surface area contributed by atoms with E-state index in [1.54, 1.807) is 0 Å². The van der Waals surface area contributed by atoms with E-state index in [-0.39, 0.29) is 0 Å². The van der Waals surface area contributed by atoms with Crippen LogP contribution in [0, 0.1) is 6.92 Å². The Balaban J connectivity index is 1.86. The molecule has 1 heterocycles. The minimum atomic E-state index is 0.417. The van der Waals surface area contributed by atoms with Gasteiger partial charge in [-0.2, -0.15) is 0 Å². The fraction of sp³-hybridized carbons (Fsp3) is 0.118. The molecule has 3 N–H and O–H groups in total. The molecule has 4 heteroatoms. The summed E-state index contributed by atoms with van der Waals surface area (Å²) in [6, 6.07) is 17.9. The average Bonchev–Trinajstić information content (AvgIpc) is 2.53. The number of hydrogen-bond donors (Lipinski definition) is 2. The molecule has 3 aromatic rings. The fourth-order valence-corrected chi connectivity index (χ4v) is 2.19. The number of nitrogens with two attached hydrogens (primary N) is 1. The highest BCUT2D eigenvalue weighted by molar-refractivity contribution is 5.81. The van der Waals surface area contributed by atoms with Gasteiger partial charge in [0.05, 0.1) is 5.52 Å². The lowest BCUT2D eigenvalue weighted by molar-refractivity contribution is 0.306. The molecule has 4 nitrogen and oxygen atoms in total. The number of pyridine rings is 1. The van der Waals surface area contributed by atoms with Gasteiger partial charge in [-0.3, -0.25) is 0 Å². The Morgan fingerprint density at radius 3 is 2.62 bits per heavy atom. The molecule has 0 aliphatic heterocycles. The van der Waals surface area contributed by atoms with E-state index in [0.717, 1.165) is 22.2 Å². The number of nitrogen functional groups attached to an aromatic ring is 1. The normalized spacial score (nSPS) is 10.6. The van der Waals surface area contributed by atoms with Crippen molar-refractivity contribution in [3.05, 3.63) is 65.7 Å². The summed E-state index contributed by atoms with van der Waals surface area (Å²) in [5, 5.41) is 1.07. The van der Waals surface area contributed by atoms with Gasteiger partial charge in [0.1, 0.15) is 18.2 Å². The van der Waals surface area contributed by atoms with Gasteiger partial charge in [0.15, 0.2) is 0 Å². The first-order valence-corrected chi connectivity index (χ1v) is 6.81. The number of anilines is 1. The monoisotopic (exact) mass is 279 g/mol. The van der Waals surface area contributed by atoms with E-state index >= 15 is 0 Å². The molecule has 0 fully saturated rings. The Kier molecular flexibility index (Phi) is 3.71. The molecule has 2 aromatic carbocycles. The summed E-state index contributed by atoms with van der Waals surface area (Å²) in [7, 11) is 0. The number of aromatic nitrogens is 1. The number of ether oxygens (including phenoxy) is 1. The third-order valence-corrected chi connectivity index (χ3v) is 3.35. The van der Waals surface area contributed by atoms with Gasteiger partial charge in [-0.25, -0.2) is 10.8 Å². The van der Waals surface area contributed by atoms with Crippen molar-refractivity contribution in [3.63, 3.8) is 0 Å². The highest BCUT2D eigenvalue weighted by Crippen LogP contribution is 2.22. The number of fused-ring (bicyclic) bond motifs is 1. The fourth-order valence-electron chi connectivity index (χ4n) is 2.19. The molecule has 0 unspecified atom stereocenters. The molecule has 0 atom stereocenters. The Labute approximate surface area is 123 Å². The van der Waals surface area contributed by atoms with Gasteiger partial charge >= 0.3 is 0 Å². The third kappa shape index (κ3) is 2.95. The van der Waals surface area contributed by atoms with E-state index in [4.69, 9.17) is 10.6 Å². The van der Waals surface area contributed by atoms with E-state index < -0.39 is 0 Å². The van der Waals surface area contributed by atoms with Crippen LogP contribution in [0.2, 0.25) is 0 Å². The van der Waals surface area contributed by atoms with Gasteiger partial charge < -0.3 is 10.2 Å². The highest BCUT2D eigenvalue weighted by atomic mass is 16.5. The second-order valence-corrected chi connectivity index (χ2v) is 4.93. The van der Waals surface area contributed by atoms with Crippen molar-refractivity contribution in [2.24, 2.45) is 5.84 Å². The van der Waals surface area contributed by atoms with Crippen molar-refractivity contribution < 1.29 is 4.74 Å². The van der Waals surface area contributed by atoms with E-state index in [9.17, 15) is 0 Å². The standard InChI is InChI=1S/C17H17N3O/c1-12-6-8-15(9-7-12)21-11-14-10-13-4-2-3-5-16(13)19-17(14)20-18/h2-10H,11,18H2,1H3,(H,19,20). The molecular weight excluding hydrogens is 262 g/mol. The second kappa shape index (κ2) is 5.81. The number of nitrogens with one attached hydrogen (secondary N) is 1. The summed E-state index contributed by atoms with van der Waals surface area (Å²) < 4.78 is 5.80. The number of rotatable bonds is 4. The SMILES string of the molecule is Cc1ccc(OCc2cc3ccccc3nc2NN)cc1. The minimum Gasteiger partial charge on any atom is -0.489 e. The molecule has 0 aliphatic carbocycles. The predicted octanol–water partition coefficient (Wildman–Crippen LogP) is 3.41. The first kappa shape index (κ1) is 13.4. The number of nitrogens with zero attached hydrogens (tertiary/aromatic N) is 1. The molecular formula is C17H17N3O. The molecule has 1 aromatic heterocycles. The zero-order chi connectivity index (χ0) is 14.7. The van der Waals surface area contributed by atoms with Gasteiger partial charge in [-0.05, 0) is 31.2 Å². The minimum absolute atomic E-state index is 0.417. The van der Waals surface area contributed by atoms with Crippen molar-refractivity contribution in [1.29, 1.82) is 0 Å². The van der Waals surface area contributed by atoms with Crippen LogP contribution in [0.4, 0.5) is 5.82 Å². The van der Waals surface area contributed by atoms with Gasteiger partial charge in [-0.1, -0.05) is 35.9 Å². The molecule has 106 valence electrons. The molecule has 0 saturated carbocycles. The topological polar surface area (TPSA) is 60.2 Å². The molecule has 0 aliphatic rings. The van der Waals surface area contributed by atoms with Crippen LogP contribution in [0.1, 0.15) is 11.1 Å². The quantitative estimate of drug-likeness (QED) is 0.567. The van der Waals surface area contributed by atoms with Crippen LogP contribution in [0.3, 0.4) is 0 Å². The summed E-state index contributed by atoms with van der Waals surface area (Å²) in [4.78, 5) is 4.50. The summed E-state index contributed by atoms with van der Waals surface area (Å²) in [5.74, 6) is 7.03. The van der Waals surface area contributed by atoms with Crippen molar-refractivity contribution in [2.75, 3.05) is 5.43 Å². The van der Waals surface area contributed by atoms with E-state index in [1.165, 1.54) is 5.56 Å². The van der Waals surface area contributed by atoms with Crippen LogP contribution < -0.4 is 16.0 Å². The molecule has 21 heavy (non-hydrogen) atoms. The zero-order valence-electron chi connectivity index (χ0n) is 11.8. The number of aryl methyl sites for hydroxylation is 1. The lowest BCUT2D eigenvalue weighted by Crippen LogP contribution is -2.12.